The Balaban J connectivity index is 3.33. The lowest BCUT2D eigenvalue weighted by molar-refractivity contribution is -0.138. The Morgan fingerprint density at radius 2 is 1.83 bits per heavy atom. The van der Waals surface area contributed by atoms with Crippen LogP contribution in [-0.4, -0.2) is 37.7 Å². The summed E-state index contributed by atoms with van der Waals surface area (Å²) in [4.78, 5) is 23.2. The van der Waals surface area contributed by atoms with Crippen molar-refractivity contribution in [2.45, 2.75) is 39.2 Å². The first kappa shape index (κ1) is 19.0. The summed E-state index contributed by atoms with van der Waals surface area (Å²) in [6.07, 6.45) is 0.867. The van der Waals surface area contributed by atoms with Crippen LogP contribution in [0.4, 0.5) is 0 Å². The number of nitrogens with one attached hydrogen (secondary N) is 1. The number of benzene rings is 1. The molecule has 0 fully saturated rings. The Morgan fingerprint density at radius 3 is 2.26 bits per heavy atom. The second-order valence-corrected chi connectivity index (χ2v) is 7.86. The van der Waals surface area contributed by atoms with Gasteiger partial charge in [0.05, 0.1) is 11.8 Å². The number of amides is 1. The summed E-state index contributed by atoms with van der Waals surface area (Å²) in [6.45, 7) is 7.11. The van der Waals surface area contributed by atoms with E-state index in [2.05, 4.69) is 5.32 Å². The number of carboxylic acid groups (broad SMARTS) is 1. The minimum atomic E-state index is -3.82. The zero-order valence-electron chi connectivity index (χ0n) is 13.7. The molecule has 1 aromatic rings. The van der Waals surface area contributed by atoms with E-state index in [9.17, 15) is 18.0 Å². The second kappa shape index (κ2) is 6.57. The van der Waals surface area contributed by atoms with Gasteiger partial charge in [0.1, 0.15) is 6.04 Å². The van der Waals surface area contributed by atoms with Crippen LogP contribution in [-0.2, 0) is 20.3 Å². The highest BCUT2D eigenvalue weighted by atomic mass is 32.2. The largest absolute Gasteiger partial charge is 0.480 e. The molecular formula is C15H21NO6S. The first-order valence-electron chi connectivity index (χ1n) is 6.89. The molecule has 0 aliphatic heterocycles. The summed E-state index contributed by atoms with van der Waals surface area (Å²) in [5.41, 5.74) is 0.472. The van der Waals surface area contributed by atoms with Crippen LogP contribution in [0.5, 0.6) is 5.75 Å². The van der Waals surface area contributed by atoms with Crippen LogP contribution < -0.4 is 9.50 Å². The van der Waals surface area contributed by atoms with E-state index in [1.807, 2.05) is 20.8 Å². The third-order valence-electron chi connectivity index (χ3n) is 3.05. The fourth-order valence-electron chi connectivity index (χ4n) is 1.75. The Morgan fingerprint density at radius 1 is 1.26 bits per heavy atom. The van der Waals surface area contributed by atoms with E-state index >= 15 is 0 Å². The zero-order chi connectivity index (χ0) is 18.0. The van der Waals surface area contributed by atoms with Crippen LogP contribution in [0.3, 0.4) is 0 Å². The summed E-state index contributed by atoms with van der Waals surface area (Å²) in [5, 5.41) is 11.2. The van der Waals surface area contributed by atoms with E-state index in [1.165, 1.54) is 19.1 Å². The molecule has 0 aliphatic carbocycles. The van der Waals surface area contributed by atoms with Gasteiger partial charge < -0.3 is 14.6 Å². The van der Waals surface area contributed by atoms with Gasteiger partial charge in [-0.25, -0.2) is 0 Å². The normalized spacial score (nSPS) is 13.3. The number of carbonyl (C=O) groups is 2. The molecule has 1 rings (SSSR count). The fourth-order valence-corrected chi connectivity index (χ4v) is 2.22. The van der Waals surface area contributed by atoms with Crippen molar-refractivity contribution in [3.63, 3.8) is 0 Å². The number of carbonyl (C=O) groups excluding carboxylic acids is 1. The highest BCUT2D eigenvalue weighted by Gasteiger charge is 2.23. The van der Waals surface area contributed by atoms with E-state index in [4.69, 9.17) is 9.29 Å². The standard InChI is InChI=1S/C15H21NO6S/c1-9(14(18)19)16-13(17)11-8-10(15(2,3)4)6-7-12(11)22-23(5,20)21/h6-9H,1-5H3,(H,16,17)(H,18,19). The SMILES string of the molecule is CC(NC(=O)c1cc(C(C)(C)C)ccc1OS(C)(=O)=O)C(=O)O. The molecule has 0 heterocycles. The van der Waals surface area contributed by atoms with Gasteiger partial charge in [0.25, 0.3) is 5.91 Å². The molecule has 2 N–H and O–H groups in total. The topological polar surface area (TPSA) is 110 Å². The number of carboxylic acids is 1. The fraction of sp³-hybridized carbons (Fsp3) is 0.467. The van der Waals surface area contributed by atoms with Crippen LogP contribution in [0.15, 0.2) is 18.2 Å². The van der Waals surface area contributed by atoms with Crippen molar-refractivity contribution in [3.8, 4) is 5.75 Å². The minimum Gasteiger partial charge on any atom is -0.480 e. The third kappa shape index (κ3) is 5.55. The molecule has 0 saturated heterocycles. The highest BCUT2D eigenvalue weighted by Crippen LogP contribution is 2.28. The summed E-state index contributed by atoms with van der Waals surface area (Å²) >= 11 is 0. The molecule has 0 aromatic heterocycles. The molecule has 0 spiro atoms. The quantitative estimate of drug-likeness (QED) is 0.785. The van der Waals surface area contributed by atoms with Gasteiger partial charge >= 0.3 is 16.1 Å². The van der Waals surface area contributed by atoms with Gasteiger partial charge in [0.15, 0.2) is 5.75 Å². The summed E-state index contributed by atoms with van der Waals surface area (Å²) < 4.78 is 27.5. The van der Waals surface area contributed by atoms with Gasteiger partial charge in [-0.1, -0.05) is 26.8 Å². The summed E-state index contributed by atoms with van der Waals surface area (Å²) in [7, 11) is -3.82. The van der Waals surface area contributed by atoms with Crippen molar-refractivity contribution in [1.82, 2.24) is 5.32 Å². The van der Waals surface area contributed by atoms with Crippen molar-refractivity contribution in [2.24, 2.45) is 0 Å². The molecule has 1 aromatic carbocycles. The van der Waals surface area contributed by atoms with Crippen LogP contribution in [0, 0.1) is 0 Å². The summed E-state index contributed by atoms with van der Waals surface area (Å²) in [6, 6.07) is 3.44. The van der Waals surface area contributed by atoms with E-state index in [0.717, 1.165) is 11.8 Å². The monoisotopic (exact) mass is 343 g/mol. The Labute approximate surface area is 135 Å². The van der Waals surface area contributed by atoms with E-state index in [0.29, 0.717) is 0 Å². The van der Waals surface area contributed by atoms with Crippen molar-refractivity contribution < 1.29 is 27.3 Å². The average Bonchev–Trinajstić information content (AvgIpc) is 2.35. The molecule has 7 nitrogen and oxygen atoms in total. The predicted molar refractivity (Wildman–Crippen MR) is 85.2 cm³/mol. The van der Waals surface area contributed by atoms with Gasteiger partial charge in [0, 0.05) is 0 Å². The van der Waals surface area contributed by atoms with Crippen molar-refractivity contribution in [3.05, 3.63) is 29.3 Å². The molecule has 0 bridgehead atoms. The lowest BCUT2D eigenvalue weighted by Gasteiger charge is -2.21. The maximum Gasteiger partial charge on any atom is 0.325 e. The average molecular weight is 343 g/mol. The predicted octanol–water partition coefficient (Wildman–Crippen LogP) is 1.53. The first-order chi connectivity index (χ1) is 10.3. The van der Waals surface area contributed by atoms with Gasteiger partial charge in [-0.3, -0.25) is 9.59 Å². The zero-order valence-corrected chi connectivity index (χ0v) is 14.5. The second-order valence-electron chi connectivity index (χ2n) is 6.28. The molecule has 0 aliphatic rings. The minimum absolute atomic E-state index is 0.0315. The molecular weight excluding hydrogens is 322 g/mol. The van der Waals surface area contributed by atoms with Crippen LogP contribution >= 0.6 is 0 Å². The number of hydrogen-bond donors (Lipinski definition) is 2. The Bertz CT molecular complexity index is 718. The van der Waals surface area contributed by atoms with Crippen molar-refractivity contribution in [2.75, 3.05) is 6.26 Å². The van der Waals surface area contributed by atoms with Crippen LogP contribution in [0.25, 0.3) is 0 Å². The molecule has 0 radical (unpaired) electrons. The van der Waals surface area contributed by atoms with Crippen molar-refractivity contribution >= 4 is 22.0 Å². The van der Waals surface area contributed by atoms with Crippen LogP contribution in [0.2, 0.25) is 0 Å². The van der Waals surface area contributed by atoms with Crippen LogP contribution in [0.1, 0.15) is 43.6 Å². The van der Waals surface area contributed by atoms with E-state index in [1.54, 1.807) is 6.07 Å². The molecule has 1 amide bonds. The molecule has 0 saturated carbocycles. The molecule has 1 atom stereocenters. The summed E-state index contributed by atoms with van der Waals surface area (Å²) in [5.74, 6) is -2.06. The molecule has 1 unspecified atom stereocenters. The van der Waals surface area contributed by atoms with E-state index in [-0.39, 0.29) is 16.7 Å². The van der Waals surface area contributed by atoms with Gasteiger partial charge in [-0.15, -0.1) is 0 Å². The Kier molecular flexibility index (Phi) is 5.42. The van der Waals surface area contributed by atoms with Gasteiger partial charge in [-0.05, 0) is 30.0 Å². The highest BCUT2D eigenvalue weighted by molar-refractivity contribution is 7.86. The first-order valence-corrected chi connectivity index (χ1v) is 8.70. The number of hydrogen-bond acceptors (Lipinski definition) is 5. The number of aliphatic carboxylic acids is 1. The molecule has 128 valence electrons. The maximum absolute atomic E-state index is 12.3. The smallest absolute Gasteiger partial charge is 0.325 e. The van der Waals surface area contributed by atoms with E-state index < -0.39 is 28.0 Å². The molecule has 23 heavy (non-hydrogen) atoms. The molecule has 8 heteroatoms. The van der Waals surface area contributed by atoms with Crippen molar-refractivity contribution in [1.29, 1.82) is 0 Å². The maximum atomic E-state index is 12.3. The van der Waals surface area contributed by atoms with Gasteiger partial charge in [-0.2, -0.15) is 8.42 Å². The lowest BCUT2D eigenvalue weighted by Crippen LogP contribution is -2.38. The Hall–Kier alpha value is -2.09. The lowest BCUT2D eigenvalue weighted by atomic mass is 9.86. The third-order valence-corrected chi connectivity index (χ3v) is 3.53. The van der Waals surface area contributed by atoms with Gasteiger partial charge in [0.2, 0.25) is 0 Å². The number of rotatable bonds is 5.